The zero-order chi connectivity index (χ0) is 22.3. The third-order valence-corrected chi connectivity index (χ3v) is 5.92. The van der Waals surface area contributed by atoms with Gasteiger partial charge in [0.15, 0.2) is 5.69 Å². The number of nitrogens with zero attached hydrogens (tertiary/aromatic N) is 2. The molecule has 1 aromatic carbocycles. The summed E-state index contributed by atoms with van der Waals surface area (Å²) in [7, 11) is 0. The molecule has 8 heteroatoms. The summed E-state index contributed by atoms with van der Waals surface area (Å²) in [6.45, 7) is 8.66. The standard InChI is InChI=1S/C22H26N4O3S/c1-12-15(22(4,5)29)10-11-16(24-12)18-17(19(27)26-23)25-20(30-18)13-6-8-14(9-7-13)21(2,3)28/h6-11,28-29H,23H2,1-5H3,(H,26,27). The van der Waals surface area contributed by atoms with Crippen molar-refractivity contribution >= 4 is 17.2 Å². The van der Waals surface area contributed by atoms with Crippen LogP contribution in [0.4, 0.5) is 0 Å². The highest BCUT2D eigenvalue weighted by Gasteiger charge is 2.24. The minimum atomic E-state index is -1.02. The van der Waals surface area contributed by atoms with Gasteiger partial charge in [-0.2, -0.15) is 0 Å². The number of aromatic nitrogens is 2. The van der Waals surface area contributed by atoms with E-state index in [2.05, 4.69) is 15.4 Å². The Bertz CT molecular complexity index is 1080. The van der Waals surface area contributed by atoms with E-state index in [4.69, 9.17) is 5.84 Å². The Kier molecular flexibility index (Phi) is 5.79. The van der Waals surface area contributed by atoms with Crippen molar-refractivity contribution in [2.45, 2.75) is 45.8 Å². The first kappa shape index (κ1) is 22.0. The SMILES string of the molecule is Cc1nc(-c2sc(-c3ccc(C(C)(C)O)cc3)nc2C(=O)NN)ccc1C(C)(C)O. The largest absolute Gasteiger partial charge is 0.386 e. The molecule has 0 bridgehead atoms. The Labute approximate surface area is 179 Å². The summed E-state index contributed by atoms with van der Waals surface area (Å²) in [5.41, 5.74) is 3.92. The van der Waals surface area contributed by atoms with Crippen LogP contribution in [0.2, 0.25) is 0 Å². The van der Waals surface area contributed by atoms with Gasteiger partial charge in [0.05, 0.1) is 21.8 Å². The molecule has 2 heterocycles. The van der Waals surface area contributed by atoms with Crippen LogP contribution >= 0.6 is 11.3 Å². The number of rotatable bonds is 5. The van der Waals surface area contributed by atoms with Gasteiger partial charge in [-0.15, -0.1) is 11.3 Å². The number of amides is 1. The van der Waals surface area contributed by atoms with Crippen molar-refractivity contribution in [2.75, 3.05) is 0 Å². The Morgan fingerprint density at radius 3 is 2.13 bits per heavy atom. The van der Waals surface area contributed by atoms with Gasteiger partial charge < -0.3 is 10.2 Å². The number of benzene rings is 1. The molecule has 0 saturated heterocycles. The van der Waals surface area contributed by atoms with E-state index in [-0.39, 0.29) is 5.69 Å². The number of hydrazine groups is 1. The lowest BCUT2D eigenvalue weighted by Gasteiger charge is -2.20. The third kappa shape index (κ3) is 4.41. The van der Waals surface area contributed by atoms with Crippen LogP contribution in [-0.4, -0.2) is 26.1 Å². The Morgan fingerprint density at radius 1 is 1.00 bits per heavy atom. The number of nitrogen functional groups attached to an aromatic ring is 1. The molecular formula is C22H26N4O3S. The molecule has 3 aromatic rings. The van der Waals surface area contributed by atoms with Crippen LogP contribution in [0.5, 0.6) is 0 Å². The second kappa shape index (κ2) is 7.88. The number of aryl methyl sites for hydroxylation is 1. The van der Waals surface area contributed by atoms with Crippen molar-refractivity contribution in [3.05, 3.63) is 58.9 Å². The minimum Gasteiger partial charge on any atom is -0.386 e. The van der Waals surface area contributed by atoms with E-state index in [1.165, 1.54) is 11.3 Å². The maximum Gasteiger partial charge on any atom is 0.285 e. The first-order valence-corrected chi connectivity index (χ1v) is 10.3. The molecule has 0 saturated carbocycles. The summed E-state index contributed by atoms with van der Waals surface area (Å²) >= 11 is 1.33. The van der Waals surface area contributed by atoms with Gasteiger partial charge in [-0.3, -0.25) is 15.2 Å². The number of nitrogens with two attached hydrogens (primary N) is 1. The highest BCUT2D eigenvalue weighted by molar-refractivity contribution is 7.18. The third-order valence-electron chi connectivity index (χ3n) is 4.79. The van der Waals surface area contributed by atoms with E-state index in [9.17, 15) is 15.0 Å². The lowest BCUT2D eigenvalue weighted by Crippen LogP contribution is -2.30. The van der Waals surface area contributed by atoms with Crippen LogP contribution in [0.3, 0.4) is 0 Å². The fraction of sp³-hybridized carbons (Fsp3) is 0.318. The molecular weight excluding hydrogens is 400 g/mol. The van der Waals surface area contributed by atoms with Gasteiger partial charge in [-0.05, 0) is 46.2 Å². The molecule has 0 unspecified atom stereocenters. The summed E-state index contributed by atoms with van der Waals surface area (Å²) in [6, 6.07) is 11.0. The number of thiazole rings is 1. The Balaban J connectivity index is 2.09. The maximum absolute atomic E-state index is 12.4. The van der Waals surface area contributed by atoms with Gasteiger partial charge in [0.2, 0.25) is 0 Å². The summed E-state index contributed by atoms with van der Waals surface area (Å²) in [4.78, 5) is 22.0. The molecule has 0 aliphatic carbocycles. The minimum absolute atomic E-state index is 0.187. The van der Waals surface area contributed by atoms with E-state index < -0.39 is 17.1 Å². The van der Waals surface area contributed by atoms with E-state index in [1.54, 1.807) is 39.8 Å². The molecule has 3 rings (SSSR count). The lowest BCUT2D eigenvalue weighted by atomic mass is 9.96. The van der Waals surface area contributed by atoms with Gasteiger partial charge in [-0.1, -0.05) is 30.3 Å². The van der Waals surface area contributed by atoms with Gasteiger partial charge in [0.1, 0.15) is 5.01 Å². The summed E-state index contributed by atoms with van der Waals surface area (Å²) in [5.74, 6) is 4.85. The predicted molar refractivity (Wildman–Crippen MR) is 118 cm³/mol. The molecule has 2 aromatic heterocycles. The van der Waals surface area contributed by atoms with Crippen LogP contribution in [0.15, 0.2) is 36.4 Å². The molecule has 0 radical (unpaired) electrons. The van der Waals surface area contributed by atoms with Crippen molar-refractivity contribution in [3.8, 4) is 21.1 Å². The number of pyridine rings is 1. The molecule has 5 N–H and O–H groups in total. The van der Waals surface area contributed by atoms with Gasteiger partial charge in [-0.25, -0.2) is 10.8 Å². The zero-order valence-corrected chi connectivity index (χ0v) is 18.5. The van der Waals surface area contributed by atoms with Crippen LogP contribution in [0.25, 0.3) is 21.1 Å². The highest BCUT2D eigenvalue weighted by atomic mass is 32.1. The first-order valence-electron chi connectivity index (χ1n) is 9.47. The quantitative estimate of drug-likeness (QED) is 0.282. The normalized spacial score (nSPS) is 12.1. The fourth-order valence-electron chi connectivity index (χ4n) is 3.19. The number of aliphatic hydroxyl groups is 2. The van der Waals surface area contributed by atoms with Crippen LogP contribution in [0, 0.1) is 6.92 Å². The monoisotopic (exact) mass is 426 g/mol. The number of hydrogen-bond acceptors (Lipinski definition) is 7. The van der Waals surface area contributed by atoms with E-state index in [0.717, 1.165) is 11.1 Å². The van der Waals surface area contributed by atoms with Gasteiger partial charge in [0.25, 0.3) is 5.91 Å². The Hall–Kier alpha value is -2.65. The van der Waals surface area contributed by atoms with E-state index >= 15 is 0 Å². The van der Waals surface area contributed by atoms with Crippen molar-refractivity contribution in [3.63, 3.8) is 0 Å². The van der Waals surface area contributed by atoms with Crippen molar-refractivity contribution in [1.29, 1.82) is 0 Å². The van der Waals surface area contributed by atoms with Gasteiger partial charge >= 0.3 is 0 Å². The Morgan fingerprint density at radius 2 is 1.63 bits per heavy atom. The predicted octanol–water partition coefficient (Wildman–Crippen LogP) is 3.24. The number of carbonyl (C=O) groups excluding carboxylic acids is 1. The maximum atomic E-state index is 12.4. The highest BCUT2D eigenvalue weighted by Crippen LogP contribution is 2.36. The summed E-state index contributed by atoms with van der Waals surface area (Å²) in [6.07, 6.45) is 0. The molecule has 158 valence electrons. The average Bonchev–Trinajstić information content (AvgIpc) is 3.11. The average molecular weight is 427 g/mol. The molecule has 30 heavy (non-hydrogen) atoms. The molecule has 0 aliphatic rings. The van der Waals surface area contributed by atoms with Crippen molar-refractivity contribution in [2.24, 2.45) is 5.84 Å². The number of nitrogens with one attached hydrogen (secondary N) is 1. The summed E-state index contributed by atoms with van der Waals surface area (Å²) < 4.78 is 0. The molecule has 7 nitrogen and oxygen atoms in total. The van der Waals surface area contributed by atoms with Gasteiger partial charge in [0, 0.05) is 16.8 Å². The van der Waals surface area contributed by atoms with Crippen LogP contribution in [-0.2, 0) is 11.2 Å². The van der Waals surface area contributed by atoms with Crippen molar-refractivity contribution in [1.82, 2.24) is 15.4 Å². The molecule has 0 aliphatic heterocycles. The first-order chi connectivity index (χ1) is 13.9. The molecule has 1 amide bonds. The second-order valence-corrected chi connectivity index (χ2v) is 9.19. The number of carbonyl (C=O) groups is 1. The molecule has 0 atom stereocenters. The van der Waals surface area contributed by atoms with Crippen LogP contribution in [0.1, 0.15) is 55.0 Å². The van der Waals surface area contributed by atoms with E-state index in [1.807, 2.05) is 31.2 Å². The van der Waals surface area contributed by atoms with E-state index in [0.29, 0.717) is 26.8 Å². The number of hydrogen-bond donors (Lipinski definition) is 4. The summed E-state index contributed by atoms with van der Waals surface area (Å²) in [5, 5.41) is 21.1. The molecule has 0 fully saturated rings. The fourth-order valence-corrected chi connectivity index (χ4v) is 4.23. The lowest BCUT2D eigenvalue weighted by molar-refractivity contribution is 0.0772. The van der Waals surface area contributed by atoms with Crippen LogP contribution < -0.4 is 11.3 Å². The smallest absolute Gasteiger partial charge is 0.285 e. The second-order valence-electron chi connectivity index (χ2n) is 8.20. The molecule has 0 spiro atoms. The van der Waals surface area contributed by atoms with Crippen molar-refractivity contribution < 1.29 is 15.0 Å². The topological polar surface area (TPSA) is 121 Å². The zero-order valence-electron chi connectivity index (χ0n) is 17.6.